The number of hydrogen-bond donors (Lipinski definition) is 0. The molecule has 0 aliphatic heterocycles. The van der Waals surface area contributed by atoms with Gasteiger partial charge in [-0.3, -0.25) is 4.79 Å². The van der Waals surface area contributed by atoms with Crippen LogP contribution in [0.1, 0.15) is 20.8 Å². The first-order chi connectivity index (χ1) is 14.3. The molecule has 152 valence electrons. The van der Waals surface area contributed by atoms with Crippen LogP contribution >= 0.6 is 11.3 Å². The molecular formula is C22H16F2N2O3S. The molecule has 8 heteroatoms. The van der Waals surface area contributed by atoms with E-state index in [1.165, 1.54) is 24.5 Å². The van der Waals surface area contributed by atoms with Gasteiger partial charge < -0.3 is 4.42 Å². The molecule has 0 N–H and O–H groups in total. The van der Waals surface area contributed by atoms with Gasteiger partial charge in [-0.15, -0.1) is 16.4 Å². The van der Waals surface area contributed by atoms with Crippen LogP contribution in [0, 0.1) is 18.6 Å². The Morgan fingerprint density at radius 1 is 1.13 bits per heavy atom. The summed E-state index contributed by atoms with van der Waals surface area (Å²) in [6.07, 6.45) is -0.351. The fraction of sp³-hybridized carbons (Fsp3) is 0.136. The van der Waals surface area contributed by atoms with E-state index in [9.17, 15) is 18.4 Å². The van der Waals surface area contributed by atoms with E-state index in [1.54, 1.807) is 18.2 Å². The van der Waals surface area contributed by atoms with Crippen LogP contribution in [0.3, 0.4) is 0 Å². The van der Waals surface area contributed by atoms with Crippen LogP contribution < -0.4 is 5.76 Å². The molecule has 0 unspecified atom stereocenters. The third-order valence-corrected chi connectivity index (χ3v) is 5.88. The zero-order chi connectivity index (χ0) is 21.4. The van der Waals surface area contributed by atoms with Gasteiger partial charge in [0.25, 0.3) is 0 Å². The lowest BCUT2D eigenvalue weighted by atomic mass is 10.0. The fourth-order valence-corrected chi connectivity index (χ4v) is 4.09. The number of carbonyl (C=O) groups is 1. The van der Waals surface area contributed by atoms with Crippen LogP contribution in [0.25, 0.3) is 21.9 Å². The van der Waals surface area contributed by atoms with Crippen molar-refractivity contribution in [3.8, 4) is 21.9 Å². The van der Waals surface area contributed by atoms with Crippen molar-refractivity contribution in [1.82, 2.24) is 9.78 Å². The summed E-state index contributed by atoms with van der Waals surface area (Å²) in [6, 6.07) is 12.5. The molecule has 0 atom stereocenters. The topological polar surface area (TPSA) is 65.1 Å². The zero-order valence-corrected chi connectivity index (χ0v) is 16.9. The minimum absolute atomic E-state index is 0.201. The molecule has 0 aliphatic carbocycles. The van der Waals surface area contributed by atoms with Gasteiger partial charge in [0, 0.05) is 29.5 Å². The molecule has 0 saturated heterocycles. The van der Waals surface area contributed by atoms with Gasteiger partial charge in [-0.1, -0.05) is 12.1 Å². The molecule has 2 aromatic heterocycles. The second-order valence-corrected chi connectivity index (χ2v) is 7.87. The van der Waals surface area contributed by atoms with Gasteiger partial charge in [0.2, 0.25) is 5.89 Å². The highest BCUT2D eigenvalue weighted by atomic mass is 32.1. The van der Waals surface area contributed by atoms with Gasteiger partial charge >= 0.3 is 5.76 Å². The molecule has 2 aromatic carbocycles. The summed E-state index contributed by atoms with van der Waals surface area (Å²) in [6.45, 7) is 1.92. The first kappa shape index (κ1) is 19.9. The lowest BCUT2D eigenvalue weighted by Gasteiger charge is -2.05. The van der Waals surface area contributed by atoms with E-state index in [-0.39, 0.29) is 23.7 Å². The van der Waals surface area contributed by atoms with Crippen LogP contribution in [0.5, 0.6) is 0 Å². The van der Waals surface area contributed by atoms with Crippen molar-refractivity contribution in [3.05, 3.63) is 86.7 Å². The number of aromatic nitrogens is 2. The van der Waals surface area contributed by atoms with Gasteiger partial charge in [-0.25, -0.2) is 13.6 Å². The van der Waals surface area contributed by atoms with Crippen LogP contribution in [0.4, 0.5) is 8.78 Å². The molecular weight excluding hydrogens is 410 g/mol. The van der Waals surface area contributed by atoms with E-state index >= 15 is 0 Å². The molecule has 0 fully saturated rings. The molecule has 0 radical (unpaired) electrons. The lowest BCUT2D eigenvalue weighted by molar-refractivity contribution is 0.0994. The fourth-order valence-electron chi connectivity index (χ4n) is 3.06. The van der Waals surface area contributed by atoms with E-state index in [2.05, 4.69) is 5.10 Å². The van der Waals surface area contributed by atoms with Crippen LogP contribution in [-0.4, -0.2) is 15.6 Å². The second-order valence-electron chi connectivity index (χ2n) is 6.79. The Balaban J connectivity index is 1.64. The van der Waals surface area contributed by atoms with Gasteiger partial charge in [0.05, 0.1) is 4.88 Å². The Labute approximate surface area is 174 Å². The van der Waals surface area contributed by atoms with Crippen LogP contribution in [-0.2, 0) is 13.5 Å². The average Bonchev–Trinajstić information content (AvgIpc) is 3.32. The summed E-state index contributed by atoms with van der Waals surface area (Å²) in [5.74, 6) is -2.19. The molecule has 0 bridgehead atoms. The Kier molecular flexibility index (Phi) is 5.17. The summed E-state index contributed by atoms with van der Waals surface area (Å²) >= 11 is 1.24. The zero-order valence-electron chi connectivity index (χ0n) is 16.1. The van der Waals surface area contributed by atoms with Crippen LogP contribution in [0.2, 0.25) is 0 Å². The van der Waals surface area contributed by atoms with Gasteiger partial charge in [0.1, 0.15) is 11.6 Å². The molecule has 0 amide bonds. The predicted octanol–water partition coefficient (Wildman–Crippen LogP) is 4.78. The summed E-state index contributed by atoms with van der Waals surface area (Å²) in [4.78, 5) is 25.4. The Bertz CT molecular complexity index is 1300. The molecule has 30 heavy (non-hydrogen) atoms. The molecule has 4 rings (SSSR count). The second kappa shape index (κ2) is 7.79. The predicted molar refractivity (Wildman–Crippen MR) is 110 cm³/mol. The number of benzene rings is 2. The highest BCUT2D eigenvalue weighted by molar-refractivity contribution is 7.17. The molecule has 0 aliphatic rings. The first-order valence-electron chi connectivity index (χ1n) is 9.05. The highest BCUT2D eigenvalue weighted by Gasteiger charge is 2.18. The molecule has 5 nitrogen and oxygen atoms in total. The maximum Gasteiger partial charge on any atom is 0.437 e. The summed E-state index contributed by atoms with van der Waals surface area (Å²) < 4.78 is 34.0. The van der Waals surface area contributed by atoms with Crippen LogP contribution in [0.15, 0.2) is 57.7 Å². The maximum atomic E-state index is 13.9. The number of halogens is 2. The summed E-state index contributed by atoms with van der Waals surface area (Å²) in [5.41, 5.74) is 2.20. The number of aryl methyl sites for hydroxylation is 2. The molecule has 0 spiro atoms. The van der Waals surface area contributed by atoms with Crippen molar-refractivity contribution in [3.63, 3.8) is 0 Å². The maximum absolute atomic E-state index is 13.9. The number of hydrogen-bond acceptors (Lipinski definition) is 5. The monoisotopic (exact) mass is 426 g/mol. The van der Waals surface area contributed by atoms with E-state index in [1.807, 2.05) is 19.1 Å². The van der Waals surface area contributed by atoms with E-state index in [4.69, 9.17) is 4.42 Å². The Morgan fingerprint density at radius 2 is 1.87 bits per heavy atom. The van der Waals surface area contributed by atoms with E-state index in [0.29, 0.717) is 10.4 Å². The number of thiophene rings is 1. The van der Waals surface area contributed by atoms with Crippen molar-refractivity contribution in [2.45, 2.75) is 13.3 Å². The van der Waals surface area contributed by atoms with E-state index in [0.717, 1.165) is 32.8 Å². The van der Waals surface area contributed by atoms with Crippen molar-refractivity contribution in [2.75, 3.05) is 0 Å². The number of Topliss-reactive ketones (excluding diaryl/α,β-unsaturated/α-hetero) is 1. The van der Waals surface area contributed by atoms with Crippen molar-refractivity contribution in [1.29, 1.82) is 0 Å². The van der Waals surface area contributed by atoms with Crippen molar-refractivity contribution < 1.29 is 18.0 Å². The smallest absolute Gasteiger partial charge is 0.388 e. The summed E-state index contributed by atoms with van der Waals surface area (Å²) in [7, 11) is 1.50. The lowest BCUT2D eigenvalue weighted by Crippen LogP contribution is -2.09. The van der Waals surface area contributed by atoms with Gasteiger partial charge in [0.15, 0.2) is 5.78 Å². The standard InChI is InChI=1S/C22H16F2N2O3S/c1-12-6-7-13(21-25-26(2)22(28)29-21)10-14(12)19-8-9-20(30-19)18(27)11-15-16(23)4-3-5-17(15)24/h3-10H,11H2,1-2H3. The minimum Gasteiger partial charge on any atom is -0.388 e. The number of ketones is 1. The quantitative estimate of drug-likeness (QED) is 0.431. The van der Waals surface area contributed by atoms with Crippen molar-refractivity contribution in [2.24, 2.45) is 7.05 Å². The third kappa shape index (κ3) is 3.73. The normalized spacial score (nSPS) is 11.1. The number of rotatable bonds is 5. The molecule has 0 saturated carbocycles. The molecule has 4 aromatic rings. The van der Waals surface area contributed by atoms with E-state index < -0.39 is 17.4 Å². The number of carbonyl (C=O) groups excluding carboxylic acids is 1. The third-order valence-electron chi connectivity index (χ3n) is 4.72. The Hall–Kier alpha value is -3.39. The first-order valence-corrected chi connectivity index (χ1v) is 9.86. The largest absolute Gasteiger partial charge is 0.437 e. The average molecular weight is 426 g/mol. The minimum atomic E-state index is -0.736. The van der Waals surface area contributed by atoms with Gasteiger partial charge in [-0.2, -0.15) is 4.68 Å². The number of nitrogens with zero attached hydrogens (tertiary/aromatic N) is 2. The SMILES string of the molecule is Cc1ccc(-c2nn(C)c(=O)o2)cc1-c1ccc(C(=O)Cc2c(F)cccc2F)s1. The molecule has 2 heterocycles. The highest BCUT2D eigenvalue weighted by Crippen LogP contribution is 2.34. The summed E-state index contributed by atoms with van der Waals surface area (Å²) in [5, 5.41) is 4.06. The van der Waals surface area contributed by atoms with Gasteiger partial charge in [-0.05, 0) is 54.4 Å². The Morgan fingerprint density at radius 3 is 2.53 bits per heavy atom. The van der Waals surface area contributed by atoms with Crippen molar-refractivity contribution >= 4 is 17.1 Å².